The maximum absolute atomic E-state index is 10.6. The molecule has 1 fully saturated rings. The van der Waals surface area contributed by atoms with E-state index in [9.17, 15) is 20.1 Å². The van der Waals surface area contributed by atoms with Crippen LogP contribution in [0.25, 0.3) is 0 Å². The molecule has 1 aliphatic heterocycles. The highest BCUT2D eigenvalue weighted by Crippen LogP contribution is 2.23. The van der Waals surface area contributed by atoms with Crippen molar-refractivity contribution in [2.45, 2.75) is 43.7 Å². The average Bonchev–Trinajstić information content (AvgIpc) is 2.29. The Morgan fingerprint density at radius 3 is 2.41 bits per heavy atom. The smallest absolute Gasteiger partial charge is 0.332 e. The number of aliphatic carboxylic acids is 1. The minimum atomic E-state index is -1.65. The average molecular weight is 252 g/mol. The molecule has 100 valence electrons. The summed E-state index contributed by atoms with van der Waals surface area (Å²) in [6, 6.07) is 0. The van der Waals surface area contributed by atoms with Crippen molar-refractivity contribution in [2.24, 2.45) is 0 Å². The molecule has 0 radical (unpaired) electrons. The molecule has 8 nitrogen and oxygen atoms in total. The predicted octanol–water partition coefficient (Wildman–Crippen LogP) is -2.72. The lowest BCUT2D eigenvalue weighted by molar-refractivity contribution is -0.298. The first-order valence-electron chi connectivity index (χ1n) is 5.07. The molecule has 0 bridgehead atoms. The van der Waals surface area contributed by atoms with Crippen LogP contribution in [-0.2, 0) is 14.3 Å². The Bertz CT molecular complexity index is 268. The van der Waals surface area contributed by atoms with E-state index in [0.29, 0.717) is 0 Å². The second kappa shape index (κ2) is 5.71. The Hall–Kier alpha value is -0.770. The standard InChI is InChI=1S/C9H16O8/c1-3(8(13)14)16-7-4(2-10)17-9(15)6(12)5(7)11/h3-7,9-12,15H,2H2,1H3,(H,13,14)/t3-,4+,5+,6-,7+,9-/m0/s1. The molecule has 0 spiro atoms. The van der Waals surface area contributed by atoms with Crippen molar-refractivity contribution in [3.63, 3.8) is 0 Å². The number of ether oxygens (including phenoxy) is 2. The van der Waals surface area contributed by atoms with Crippen molar-refractivity contribution in [1.82, 2.24) is 0 Å². The second-order valence-corrected chi connectivity index (χ2v) is 3.81. The van der Waals surface area contributed by atoms with Crippen molar-refractivity contribution < 1.29 is 39.8 Å². The van der Waals surface area contributed by atoms with Gasteiger partial charge in [0.25, 0.3) is 0 Å². The Morgan fingerprint density at radius 2 is 1.94 bits per heavy atom. The minimum Gasteiger partial charge on any atom is -0.479 e. The number of carbonyl (C=O) groups is 1. The summed E-state index contributed by atoms with van der Waals surface area (Å²) >= 11 is 0. The number of carboxylic acids is 1. The summed E-state index contributed by atoms with van der Waals surface area (Å²) < 4.78 is 9.77. The van der Waals surface area contributed by atoms with Gasteiger partial charge in [-0.25, -0.2) is 4.79 Å². The monoisotopic (exact) mass is 252 g/mol. The summed E-state index contributed by atoms with van der Waals surface area (Å²) in [6.07, 6.45) is -8.40. The fraction of sp³-hybridized carbons (Fsp3) is 0.889. The second-order valence-electron chi connectivity index (χ2n) is 3.81. The fourth-order valence-corrected chi connectivity index (χ4v) is 1.53. The third-order valence-electron chi connectivity index (χ3n) is 2.55. The lowest BCUT2D eigenvalue weighted by Crippen LogP contribution is -2.60. The van der Waals surface area contributed by atoms with Gasteiger partial charge >= 0.3 is 5.97 Å². The van der Waals surface area contributed by atoms with E-state index >= 15 is 0 Å². The summed E-state index contributed by atoms with van der Waals surface area (Å²) in [6.45, 7) is 0.652. The largest absolute Gasteiger partial charge is 0.479 e. The van der Waals surface area contributed by atoms with Crippen molar-refractivity contribution >= 4 is 5.97 Å². The molecule has 0 aromatic carbocycles. The van der Waals surface area contributed by atoms with Crippen molar-refractivity contribution in [1.29, 1.82) is 0 Å². The van der Waals surface area contributed by atoms with Crippen LogP contribution in [0.1, 0.15) is 6.92 Å². The molecule has 5 N–H and O–H groups in total. The van der Waals surface area contributed by atoms with Gasteiger partial charge in [-0.3, -0.25) is 0 Å². The van der Waals surface area contributed by atoms with Crippen LogP contribution in [0.15, 0.2) is 0 Å². The lowest BCUT2D eigenvalue weighted by atomic mass is 9.99. The Morgan fingerprint density at radius 1 is 1.35 bits per heavy atom. The summed E-state index contributed by atoms with van der Waals surface area (Å²) in [4.78, 5) is 10.6. The van der Waals surface area contributed by atoms with Gasteiger partial charge in [-0.2, -0.15) is 0 Å². The summed E-state index contributed by atoms with van der Waals surface area (Å²) in [7, 11) is 0. The van der Waals surface area contributed by atoms with Crippen LogP contribution in [0.3, 0.4) is 0 Å². The molecule has 0 saturated carbocycles. The molecule has 8 heteroatoms. The van der Waals surface area contributed by atoms with Crippen molar-refractivity contribution in [3.8, 4) is 0 Å². The zero-order valence-corrected chi connectivity index (χ0v) is 9.13. The van der Waals surface area contributed by atoms with Gasteiger partial charge in [0, 0.05) is 0 Å². The molecule has 0 aliphatic carbocycles. The van der Waals surface area contributed by atoms with E-state index < -0.39 is 49.4 Å². The van der Waals surface area contributed by atoms with Gasteiger partial charge in [0.2, 0.25) is 0 Å². The number of hydrogen-bond acceptors (Lipinski definition) is 7. The summed E-state index contributed by atoms with van der Waals surface area (Å²) in [5, 5.41) is 45.8. The Balaban J connectivity index is 2.75. The van der Waals surface area contributed by atoms with Crippen molar-refractivity contribution in [2.75, 3.05) is 6.61 Å². The van der Waals surface area contributed by atoms with Crippen LogP contribution in [0.5, 0.6) is 0 Å². The topological polar surface area (TPSA) is 137 Å². The molecule has 1 rings (SSSR count). The SMILES string of the molecule is C[C@H](O[C@H]1[C@H](O)[C@H](O)[C@@H](O)O[C@@H]1CO)C(=O)O. The molecule has 0 unspecified atom stereocenters. The van der Waals surface area contributed by atoms with E-state index in [-0.39, 0.29) is 0 Å². The molecule has 0 amide bonds. The zero-order chi connectivity index (χ0) is 13.2. The van der Waals surface area contributed by atoms with E-state index in [1.165, 1.54) is 6.92 Å². The van der Waals surface area contributed by atoms with Gasteiger partial charge in [0.05, 0.1) is 6.61 Å². The first-order chi connectivity index (χ1) is 7.88. The molecule has 6 atom stereocenters. The number of aliphatic hydroxyl groups is 4. The fourth-order valence-electron chi connectivity index (χ4n) is 1.53. The molecular weight excluding hydrogens is 236 g/mol. The number of carboxylic acid groups (broad SMARTS) is 1. The highest BCUT2D eigenvalue weighted by atomic mass is 16.7. The summed E-state index contributed by atoms with van der Waals surface area (Å²) in [5.74, 6) is -1.26. The molecular formula is C9H16O8. The van der Waals surface area contributed by atoms with Gasteiger partial charge in [-0.15, -0.1) is 0 Å². The Labute approximate surface area is 97.0 Å². The van der Waals surface area contributed by atoms with Gasteiger partial charge in [0.15, 0.2) is 12.4 Å². The first kappa shape index (κ1) is 14.3. The minimum absolute atomic E-state index is 0.585. The van der Waals surface area contributed by atoms with Crippen LogP contribution in [0.2, 0.25) is 0 Å². The maximum Gasteiger partial charge on any atom is 0.332 e. The van der Waals surface area contributed by atoms with Crippen LogP contribution >= 0.6 is 0 Å². The quantitative estimate of drug-likeness (QED) is 0.364. The van der Waals surface area contributed by atoms with Gasteiger partial charge in [-0.05, 0) is 6.92 Å². The Kier molecular flexibility index (Phi) is 4.80. The number of rotatable bonds is 4. The van der Waals surface area contributed by atoms with Gasteiger partial charge < -0.3 is 35.0 Å². The van der Waals surface area contributed by atoms with Gasteiger partial charge in [0.1, 0.15) is 24.4 Å². The third-order valence-corrected chi connectivity index (χ3v) is 2.55. The zero-order valence-electron chi connectivity index (χ0n) is 9.13. The van der Waals surface area contributed by atoms with E-state index in [0.717, 1.165) is 0 Å². The number of hydrogen-bond donors (Lipinski definition) is 5. The van der Waals surface area contributed by atoms with E-state index in [1.807, 2.05) is 0 Å². The number of aliphatic hydroxyl groups excluding tert-OH is 4. The van der Waals surface area contributed by atoms with E-state index in [2.05, 4.69) is 0 Å². The molecule has 1 heterocycles. The summed E-state index contributed by atoms with van der Waals surface area (Å²) in [5.41, 5.74) is 0. The highest BCUT2D eigenvalue weighted by molar-refractivity contribution is 5.71. The van der Waals surface area contributed by atoms with Crippen LogP contribution in [0.4, 0.5) is 0 Å². The molecule has 1 aliphatic rings. The highest BCUT2D eigenvalue weighted by Gasteiger charge is 2.45. The van der Waals surface area contributed by atoms with E-state index in [4.69, 9.17) is 19.7 Å². The van der Waals surface area contributed by atoms with Crippen LogP contribution in [0, 0.1) is 0 Å². The third kappa shape index (κ3) is 3.12. The molecule has 0 aromatic rings. The molecule has 0 aromatic heterocycles. The first-order valence-corrected chi connectivity index (χ1v) is 5.07. The van der Waals surface area contributed by atoms with Crippen LogP contribution < -0.4 is 0 Å². The molecule has 1 saturated heterocycles. The predicted molar refractivity (Wildman–Crippen MR) is 52.0 cm³/mol. The maximum atomic E-state index is 10.6. The van der Waals surface area contributed by atoms with Gasteiger partial charge in [-0.1, -0.05) is 0 Å². The lowest BCUT2D eigenvalue weighted by Gasteiger charge is -2.40. The van der Waals surface area contributed by atoms with Crippen LogP contribution in [-0.4, -0.2) is 74.9 Å². The normalized spacial score (nSPS) is 39.9. The van der Waals surface area contributed by atoms with Crippen molar-refractivity contribution in [3.05, 3.63) is 0 Å². The van der Waals surface area contributed by atoms with E-state index in [1.54, 1.807) is 0 Å². The molecule has 17 heavy (non-hydrogen) atoms.